The summed E-state index contributed by atoms with van der Waals surface area (Å²) < 4.78 is 13.1. The lowest BCUT2D eigenvalue weighted by Crippen LogP contribution is -2.17. The van der Waals surface area contributed by atoms with E-state index in [0.29, 0.717) is 12.1 Å². The fourth-order valence-electron chi connectivity index (χ4n) is 1.73. The molecule has 0 amide bonds. The lowest BCUT2D eigenvalue weighted by atomic mass is 10.1. The van der Waals surface area contributed by atoms with Crippen LogP contribution in [0.4, 0.5) is 4.39 Å². The van der Waals surface area contributed by atoms with E-state index < -0.39 is 5.97 Å². The Hall–Kier alpha value is -1.72. The standard InChI is InChI=1S/C14H14FNO2S/c1-9(10-3-2-4-12(15)5-10)16-7-13-6-11(8-19-13)14(17)18/h2-6,8-9,16H,7H2,1H3,(H,17,18)/t9-/m1/s1. The maximum Gasteiger partial charge on any atom is 0.336 e. The van der Waals surface area contributed by atoms with Crippen molar-refractivity contribution in [3.63, 3.8) is 0 Å². The van der Waals surface area contributed by atoms with Crippen LogP contribution in [-0.2, 0) is 6.54 Å². The number of aromatic carboxylic acids is 1. The van der Waals surface area contributed by atoms with Gasteiger partial charge in [-0.2, -0.15) is 0 Å². The van der Waals surface area contributed by atoms with Crippen LogP contribution in [0.2, 0.25) is 0 Å². The summed E-state index contributed by atoms with van der Waals surface area (Å²) in [5.74, 6) is -1.17. The molecule has 0 aliphatic carbocycles. The summed E-state index contributed by atoms with van der Waals surface area (Å²) in [6.45, 7) is 2.51. The first kappa shape index (κ1) is 13.7. The van der Waals surface area contributed by atoms with Gasteiger partial charge in [-0.05, 0) is 30.7 Å². The SMILES string of the molecule is C[C@@H](NCc1cc(C(=O)O)cs1)c1cccc(F)c1. The maximum atomic E-state index is 13.1. The van der Waals surface area contributed by atoms with Crippen molar-refractivity contribution in [2.75, 3.05) is 0 Å². The van der Waals surface area contributed by atoms with Crippen LogP contribution >= 0.6 is 11.3 Å². The van der Waals surface area contributed by atoms with Crippen molar-refractivity contribution in [1.82, 2.24) is 5.32 Å². The second kappa shape index (κ2) is 5.95. The monoisotopic (exact) mass is 279 g/mol. The molecule has 0 unspecified atom stereocenters. The van der Waals surface area contributed by atoms with Crippen LogP contribution in [0.25, 0.3) is 0 Å². The van der Waals surface area contributed by atoms with Gasteiger partial charge < -0.3 is 10.4 Å². The van der Waals surface area contributed by atoms with E-state index in [0.717, 1.165) is 10.4 Å². The third kappa shape index (κ3) is 3.62. The number of halogens is 1. The predicted octanol–water partition coefficient (Wildman–Crippen LogP) is 3.44. The number of hydrogen-bond donors (Lipinski definition) is 2. The van der Waals surface area contributed by atoms with E-state index in [1.54, 1.807) is 17.5 Å². The van der Waals surface area contributed by atoms with Crippen molar-refractivity contribution >= 4 is 17.3 Å². The highest BCUT2D eigenvalue weighted by Crippen LogP contribution is 2.18. The van der Waals surface area contributed by atoms with Crippen LogP contribution in [0.15, 0.2) is 35.7 Å². The molecule has 0 saturated carbocycles. The molecule has 1 atom stereocenters. The van der Waals surface area contributed by atoms with Gasteiger partial charge in [0.25, 0.3) is 0 Å². The first-order valence-corrected chi connectivity index (χ1v) is 6.74. The molecule has 1 aromatic heterocycles. The summed E-state index contributed by atoms with van der Waals surface area (Å²) in [4.78, 5) is 11.7. The number of thiophene rings is 1. The highest BCUT2D eigenvalue weighted by atomic mass is 32.1. The summed E-state index contributed by atoms with van der Waals surface area (Å²) in [6.07, 6.45) is 0. The molecule has 5 heteroatoms. The Bertz CT molecular complexity index is 582. The molecule has 0 aliphatic heterocycles. The van der Waals surface area contributed by atoms with Gasteiger partial charge in [-0.3, -0.25) is 0 Å². The fraction of sp³-hybridized carbons (Fsp3) is 0.214. The van der Waals surface area contributed by atoms with E-state index in [2.05, 4.69) is 5.32 Å². The number of benzene rings is 1. The molecule has 2 N–H and O–H groups in total. The van der Waals surface area contributed by atoms with Crippen LogP contribution in [0, 0.1) is 5.82 Å². The van der Waals surface area contributed by atoms with Crippen LogP contribution < -0.4 is 5.32 Å². The average Bonchev–Trinajstić information content (AvgIpc) is 2.85. The first-order chi connectivity index (χ1) is 9.06. The number of carboxylic acid groups (broad SMARTS) is 1. The Kier molecular flexibility index (Phi) is 4.29. The topological polar surface area (TPSA) is 49.3 Å². The number of carboxylic acids is 1. The third-order valence-corrected chi connectivity index (χ3v) is 3.77. The Morgan fingerprint density at radius 1 is 1.47 bits per heavy atom. The number of nitrogens with one attached hydrogen (secondary N) is 1. The van der Waals surface area contributed by atoms with Gasteiger partial charge in [0.15, 0.2) is 0 Å². The molecule has 0 fully saturated rings. The van der Waals surface area contributed by atoms with E-state index in [9.17, 15) is 9.18 Å². The lowest BCUT2D eigenvalue weighted by molar-refractivity contribution is 0.0697. The molecular weight excluding hydrogens is 265 g/mol. The second-order valence-electron chi connectivity index (χ2n) is 4.26. The van der Waals surface area contributed by atoms with Crippen molar-refractivity contribution in [3.05, 3.63) is 57.5 Å². The first-order valence-electron chi connectivity index (χ1n) is 5.86. The van der Waals surface area contributed by atoms with E-state index in [1.807, 2.05) is 13.0 Å². The molecule has 2 rings (SSSR count). The van der Waals surface area contributed by atoms with Gasteiger partial charge in [-0.1, -0.05) is 12.1 Å². The molecule has 0 spiro atoms. The van der Waals surface area contributed by atoms with Gasteiger partial charge in [0.2, 0.25) is 0 Å². The fourth-order valence-corrected chi connectivity index (χ4v) is 2.54. The van der Waals surface area contributed by atoms with Crippen LogP contribution in [-0.4, -0.2) is 11.1 Å². The molecule has 0 aliphatic rings. The highest BCUT2D eigenvalue weighted by Gasteiger charge is 2.09. The van der Waals surface area contributed by atoms with E-state index >= 15 is 0 Å². The van der Waals surface area contributed by atoms with Gasteiger partial charge >= 0.3 is 5.97 Å². The largest absolute Gasteiger partial charge is 0.478 e. The van der Waals surface area contributed by atoms with Crippen LogP contribution in [0.3, 0.4) is 0 Å². The number of carbonyl (C=O) groups is 1. The molecule has 1 aromatic carbocycles. The molecule has 1 heterocycles. The lowest BCUT2D eigenvalue weighted by Gasteiger charge is -2.13. The zero-order valence-corrected chi connectivity index (χ0v) is 11.2. The van der Waals surface area contributed by atoms with Crippen molar-refractivity contribution in [3.8, 4) is 0 Å². The molecule has 3 nitrogen and oxygen atoms in total. The summed E-state index contributed by atoms with van der Waals surface area (Å²) >= 11 is 1.40. The second-order valence-corrected chi connectivity index (χ2v) is 5.26. The molecule has 2 aromatic rings. The minimum atomic E-state index is -0.916. The molecule has 0 bridgehead atoms. The van der Waals surface area contributed by atoms with Gasteiger partial charge in [0, 0.05) is 22.8 Å². The van der Waals surface area contributed by atoms with Gasteiger partial charge in [0.05, 0.1) is 5.56 Å². The number of hydrogen-bond acceptors (Lipinski definition) is 3. The third-order valence-electron chi connectivity index (χ3n) is 2.83. The summed E-state index contributed by atoms with van der Waals surface area (Å²) in [5.41, 5.74) is 1.18. The summed E-state index contributed by atoms with van der Waals surface area (Å²) in [5, 5.41) is 13.7. The highest BCUT2D eigenvalue weighted by molar-refractivity contribution is 7.10. The normalized spacial score (nSPS) is 12.3. The van der Waals surface area contributed by atoms with Crippen LogP contribution in [0.1, 0.15) is 33.8 Å². The van der Waals surface area contributed by atoms with E-state index in [-0.39, 0.29) is 11.9 Å². The van der Waals surface area contributed by atoms with Crippen molar-refractivity contribution in [2.24, 2.45) is 0 Å². The molecule has 0 radical (unpaired) electrons. The average molecular weight is 279 g/mol. The smallest absolute Gasteiger partial charge is 0.336 e. The zero-order valence-electron chi connectivity index (χ0n) is 10.4. The Morgan fingerprint density at radius 2 is 2.26 bits per heavy atom. The zero-order chi connectivity index (χ0) is 13.8. The quantitative estimate of drug-likeness (QED) is 0.881. The molecule has 0 saturated heterocycles. The summed E-state index contributed by atoms with van der Waals surface area (Å²) in [7, 11) is 0. The Morgan fingerprint density at radius 3 is 2.89 bits per heavy atom. The minimum Gasteiger partial charge on any atom is -0.478 e. The van der Waals surface area contributed by atoms with E-state index in [4.69, 9.17) is 5.11 Å². The molecule has 19 heavy (non-hydrogen) atoms. The van der Waals surface area contributed by atoms with Crippen molar-refractivity contribution in [1.29, 1.82) is 0 Å². The van der Waals surface area contributed by atoms with Crippen molar-refractivity contribution in [2.45, 2.75) is 19.5 Å². The summed E-state index contributed by atoms with van der Waals surface area (Å²) in [6, 6.07) is 8.10. The van der Waals surface area contributed by atoms with E-state index in [1.165, 1.54) is 23.5 Å². The molecular formula is C14H14FNO2S. The van der Waals surface area contributed by atoms with Crippen LogP contribution in [0.5, 0.6) is 0 Å². The van der Waals surface area contributed by atoms with Gasteiger partial charge in [-0.15, -0.1) is 11.3 Å². The van der Waals surface area contributed by atoms with Gasteiger partial charge in [0.1, 0.15) is 5.82 Å². The number of rotatable bonds is 5. The Labute approximate surface area is 114 Å². The molecule has 100 valence electrons. The maximum absolute atomic E-state index is 13.1. The minimum absolute atomic E-state index is 0.00563. The van der Waals surface area contributed by atoms with Crippen molar-refractivity contribution < 1.29 is 14.3 Å². The predicted molar refractivity (Wildman–Crippen MR) is 72.9 cm³/mol. The van der Waals surface area contributed by atoms with Gasteiger partial charge in [-0.25, -0.2) is 9.18 Å². The Balaban J connectivity index is 1.96.